The van der Waals surface area contributed by atoms with E-state index >= 15 is 0 Å². The molecule has 504 valence electrons. The van der Waals surface area contributed by atoms with Gasteiger partial charge in [-0.25, -0.2) is 19.9 Å². The van der Waals surface area contributed by atoms with E-state index in [0.29, 0.717) is 11.6 Å². The molecule has 16 aromatic carbocycles. The minimum Gasteiger partial charge on any atom is -0.228 e. The molecular weight excluding hydrogens is 1390 g/mol. The Morgan fingerprint density at radius 3 is 0.907 bits per heavy atom. The molecule has 0 radical (unpaired) electrons. The second kappa shape index (κ2) is 26.6. The molecule has 0 spiro atoms. The molecule has 0 N–H and O–H groups in total. The first-order chi connectivity index (χ1) is 53.5. The lowest BCUT2D eigenvalue weighted by Crippen LogP contribution is -1.97. The van der Waals surface area contributed by atoms with Crippen molar-refractivity contribution in [3.63, 3.8) is 0 Å². The molecule has 0 fully saturated rings. The van der Waals surface area contributed by atoms with Gasteiger partial charge in [0.05, 0.1) is 22.8 Å². The number of aromatic nitrogens is 4. The first kappa shape index (κ1) is 63.5. The zero-order valence-corrected chi connectivity index (χ0v) is 61.3. The van der Waals surface area contributed by atoms with Crippen LogP contribution in [0.1, 0.15) is 0 Å². The summed E-state index contributed by atoms with van der Waals surface area (Å²) < 4.78 is 10.4. The largest absolute Gasteiger partial charge is 0.228 e. The Bertz CT molecular complexity index is 7060. The van der Waals surface area contributed by atoms with Crippen LogP contribution in [0.25, 0.3) is 215 Å². The lowest BCUT2D eigenvalue weighted by Gasteiger charge is -2.14. The van der Waals surface area contributed by atoms with Gasteiger partial charge < -0.3 is 0 Å². The number of hydrogen-bond donors (Lipinski definition) is 0. The Labute approximate surface area is 638 Å². The van der Waals surface area contributed by atoms with Crippen LogP contribution in [0.5, 0.6) is 0 Å². The van der Waals surface area contributed by atoms with E-state index in [1.54, 1.807) is 0 Å². The summed E-state index contributed by atoms with van der Waals surface area (Å²) in [6.07, 6.45) is 0. The van der Waals surface area contributed by atoms with Gasteiger partial charge >= 0.3 is 0 Å². The van der Waals surface area contributed by atoms with Gasteiger partial charge in [0.25, 0.3) is 0 Å². The Balaban J connectivity index is 0.000000138. The summed E-state index contributed by atoms with van der Waals surface area (Å²) in [5, 5.41) is 15.1. The molecule has 8 heteroatoms. The molecule has 0 unspecified atom stereocenters. The zero-order chi connectivity index (χ0) is 71.2. The SMILES string of the molecule is c1ccc(-c2nc(-c3cc(-c4ccc5c(c4)sc4ccccc45)cc(-c4ccc5c(c4)sc4ccccc45)c3)cc(-c3cccc4ccccc34)n2)cc1.c1ccc(-c2nc(-c3cc(-c4cccc5c4sc4ccccc45)cc(-c4cccc5c4sc4ccccc45)c3)cc(-c3cccc4ccccc34)n2)cc1. The Kier molecular flexibility index (Phi) is 15.6. The van der Waals surface area contributed by atoms with Gasteiger partial charge in [-0.3, -0.25) is 0 Å². The summed E-state index contributed by atoms with van der Waals surface area (Å²) in [6, 6.07) is 131. The number of benzene rings is 16. The minimum atomic E-state index is 0.709. The standard InChI is InChI=1S/2C50H30N2S2/c1-2-14-32(15-3-1)50-51-44(30-45(52-50)39-22-10-16-31-13-4-5-17-36(31)39)35-28-33(37-20-11-23-42-40-18-6-8-25-46(40)53-48(37)42)27-34(29-35)38-21-12-24-43-41-19-7-9-26-47(41)54-49(38)43;1-2-12-32(13-3-1)50-51-44(30-45(52-50)39-18-10-14-31-11-4-5-15-38(31)39)37-26-35(33-21-23-42-40-16-6-8-19-46(40)53-48(42)28-33)25-36(27-37)34-22-24-43-41-17-7-9-20-47(41)54-49(43)29-34/h2*1-30H. The summed E-state index contributed by atoms with van der Waals surface area (Å²) in [4.78, 5) is 21.1. The van der Waals surface area contributed by atoms with E-state index in [1.165, 1.54) is 136 Å². The molecule has 6 heterocycles. The summed E-state index contributed by atoms with van der Waals surface area (Å²) in [7, 11) is 0. The quantitative estimate of drug-likeness (QED) is 0.137. The van der Waals surface area contributed by atoms with Crippen LogP contribution in [0.3, 0.4) is 0 Å². The predicted molar refractivity (Wildman–Crippen MR) is 465 cm³/mol. The maximum absolute atomic E-state index is 5.34. The summed E-state index contributed by atoms with van der Waals surface area (Å²) >= 11 is 7.45. The fourth-order valence-electron chi connectivity index (χ4n) is 15.8. The van der Waals surface area contributed by atoms with Gasteiger partial charge in [-0.1, -0.05) is 279 Å². The van der Waals surface area contributed by atoms with Crippen LogP contribution in [0.4, 0.5) is 0 Å². The second-order valence-corrected chi connectivity index (χ2v) is 31.8. The molecule has 4 nitrogen and oxygen atoms in total. The number of rotatable bonds is 10. The molecule has 108 heavy (non-hydrogen) atoms. The molecule has 0 saturated heterocycles. The van der Waals surface area contributed by atoms with Crippen molar-refractivity contribution in [3.05, 3.63) is 364 Å². The molecular formula is C100H60N4S4. The average molecular weight is 1450 g/mol. The van der Waals surface area contributed by atoms with Crippen LogP contribution >= 0.6 is 45.3 Å². The van der Waals surface area contributed by atoms with E-state index in [9.17, 15) is 0 Å². The molecule has 0 aliphatic rings. The van der Waals surface area contributed by atoms with Crippen molar-refractivity contribution in [2.45, 2.75) is 0 Å². The van der Waals surface area contributed by atoms with E-state index in [1.807, 2.05) is 57.5 Å². The van der Waals surface area contributed by atoms with Gasteiger partial charge in [-0.15, -0.1) is 45.3 Å². The molecule has 0 aliphatic heterocycles. The van der Waals surface area contributed by atoms with Crippen LogP contribution in [-0.4, -0.2) is 19.9 Å². The number of thiophene rings is 4. The van der Waals surface area contributed by atoms with Crippen molar-refractivity contribution in [3.8, 4) is 112 Å². The molecule has 22 aromatic rings. The zero-order valence-electron chi connectivity index (χ0n) is 58.1. The van der Waals surface area contributed by atoms with Gasteiger partial charge in [0.15, 0.2) is 11.6 Å². The summed E-state index contributed by atoms with van der Waals surface area (Å²) in [6.45, 7) is 0. The monoisotopic (exact) mass is 1440 g/mol. The van der Waals surface area contributed by atoms with Gasteiger partial charge in [-0.2, -0.15) is 0 Å². The highest BCUT2D eigenvalue weighted by Crippen LogP contribution is 2.47. The van der Waals surface area contributed by atoms with E-state index in [2.05, 4.69) is 352 Å². The Morgan fingerprint density at radius 1 is 0.157 bits per heavy atom. The topological polar surface area (TPSA) is 51.6 Å². The van der Waals surface area contributed by atoms with Crippen molar-refractivity contribution in [1.82, 2.24) is 19.9 Å². The average Bonchev–Trinajstić information content (AvgIpc) is 1.61. The maximum atomic E-state index is 5.34. The van der Waals surface area contributed by atoms with Gasteiger partial charge in [0.1, 0.15) is 0 Å². The molecule has 0 amide bonds. The van der Waals surface area contributed by atoms with Crippen LogP contribution < -0.4 is 0 Å². The number of fused-ring (bicyclic) bond motifs is 14. The van der Waals surface area contributed by atoms with Crippen LogP contribution in [0.15, 0.2) is 364 Å². The second-order valence-electron chi connectivity index (χ2n) is 27.5. The molecule has 22 rings (SSSR count). The van der Waals surface area contributed by atoms with Crippen molar-refractivity contribution < 1.29 is 0 Å². The van der Waals surface area contributed by atoms with Crippen LogP contribution in [-0.2, 0) is 0 Å². The van der Waals surface area contributed by atoms with Gasteiger partial charge in [0, 0.05) is 114 Å². The van der Waals surface area contributed by atoms with E-state index in [4.69, 9.17) is 19.9 Å². The minimum absolute atomic E-state index is 0.709. The first-order valence-electron chi connectivity index (χ1n) is 36.3. The van der Waals surface area contributed by atoms with Gasteiger partial charge in [-0.05, 0) is 151 Å². The third-order valence-electron chi connectivity index (χ3n) is 21.0. The highest BCUT2D eigenvalue weighted by atomic mass is 32.1. The maximum Gasteiger partial charge on any atom is 0.160 e. The number of nitrogens with zero attached hydrogens (tertiary/aromatic N) is 4. The third-order valence-corrected chi connectivity index (χ3v) is 25.7. The van der Waals surface area contributed by atoms with Crippen LogP contribution in [0, 0.1) is 0 Å². The van der Waals surface area contributed by atoms with Gasteiger partial charge in [0.2, 0.25) is 0 Å². The molecule has 0 bridgehead atoms. The van der Waals surface area contributed by atoms with Crippen molar-refractivity contribution in [2.75, 3.05) is 0 Å². The lowest BCUT2D eigenvalue weighted by molar-refractivity contribution is 1.18. The highest BCUT2D eigenvalue weighted by Gasteiger charge is 2.22. The smallest absolute Gasteiger partial charge is 0.160 e. The van der Waals surface area contributed by atoms with E-state index in [0.717, 1.165) is 67.3 Å². The fraction of sp³-hybridized carbons (Fsp3) is 0. The predicted octanol–water partition coefficient (Wildman–Crippen LogP) is 29.4. The van der Waals surface area contributed by atoms with E-state index in [-0.39, 0.29) is 0 Å². The molecule has 6 aromatic heterocycles. The molecule has 0 aliphatic carbocycles. The van der Waals surface area contributed by atoms with Crippen molar-refractivity contribution in [2.24, 2.45) is 0 Å². The third kappa shape index (κ3) is 11.4. The molecule has 0 saturated carbocycles. The Hall–Kier alpha value is -12.9. The fourth-order valence-corrected chi connectivity index (χ4v) is 20.5. The van der Waals surface area contributed by atoms with Crippen molar-refractivity contribution >= 4 is 148 Å². The highest BCUT2D eigenvalue weighted by molar-refractivity contribution is 7.27. The first-order valence-corrected chi connectivity index (χ1v) is 39.5. The Morgan fingerprint density at radius 2 is 0.463 bits per heavy atom. The van der Waals surface area contributed by atoms with Crippen LogP contribution in [0.2, 0.25) is 0 Å². The summed E-state index contributed by atoms with van der Waals surface area (Å²) in [5.41, 5.74) is 19.3. The normalized spacial score (nSPS) is 11.7. The number of hydrogen-bond acceptors (Lipinski definition) is 8. The van der Waals surface area contributed by atoms with Crippen molar-refractivity contribution in [1.29, 1.82) is 0 Å². The summed E-state index contributed by atoms with van der Waals surface area (Å²) in [5.74, 6) is 1.42. The lowest BCUT2D eigenvalue weighted by atomic mass is 9.93. The van der Waals surface area contributed by atoms with E-state index < -0.39 is 0 Å². The molecule has 0 atom stereocenters.